The van der Waals surface area contributed by atoms with Crippen LogP contribution in [0.15, 0.2) is 24.8 Å². The van der Waals surface area contributed by atoms with E-state index < -0.39 is 7.60 Å². The molecule has 0 amide bonds. The molecule has 2 atom stereocenters. The fraction of sp³-hybridized carbons (Fsp3) is 0.871. The van der Waals surface area contributed by atoms with E-state index in [2.05, 4.69) is 18.7 Å². The Morgan fingerprint density at radius 2 is 1.06 bits per heavy atom. The van der Waals surface area contributed by atoms with Gasteiger partial charge in [-0.1, -0.05) is 109 Å². The zero-order valence-corrected chi connectivity index (χ0v) is 25.6. The van der Waals surface area contributed by atoms with E-state index in [-0.39, 0.29) is 5.78 Å². The molecule has 0 saturated carbocycles. The SMILES string of the molecule is C=CCCCCCCCCCCC/C=C\CCCCCCCCCCOP(=O)(O)C(CC)[N+](C)(C)C. The van der Waals surface area contributed by atoms with Gasteiger partial charge in [0.15, 0.2) is 5.78 Å². The van der Waals surface area contributed by atoms with E-state index in [0.29, 0.717) is 17.5 Å². The van der Waals surface area contributed by atoms with E-state index in [1.807, 2.05) is 34.1 Å². The maximum atomic E-state index is 12.5. The van der Waals surface area contributed by atoms with E-state index in [1.165, 1.54) is 116 Å². The van der Waals surface area contributed by atoms with Crippen LogP contribution in [0.25, 0.3) is 0 Å². The van der Waals surface area contributed by atoms with Crippen molar-refractivity contribution in [2.45, 2.75) is 148 Å². The van der Waals surface area contributed by atoms with Gasteiger partial charge >= 0.3 is 7.60 Å². The van der Waals surface area contributed by atoms with Crippen molar-refractivity contribution in [3.63, 3.8) is 0 Å². The van der Waals surface area contributed by atoms with Crippen LogP contribution in [0.5, 0.6) is 0 Å². The highest BCUT2D eigenvalue weighted by atomic mass is 31.2. The highest BCUT2D eigenvalue weighted by Gasteiger charge is 2.41. The molecule has 0 rings (SSSR count). The molecule has 2 unspecified atom stereocenters. The van der Waals surface area contributed by atoms with Gasteiger partial charge in [0, 0.05) is 6.42 Å². The molecule has 0 aliphatic carbocycles. The molecule has 1 N–H and O–H groups in total. The van der Waals surface area contributed by atoms with Gasteiger partial charge in [-0.3, -0.25) is 4.57 Å². The molecule has 36 heavy (non-hydrogen) atoms. The first kappa shape index (κ1) is 35.6. The second kappa shape index (κ2) is 23.7. The number of quaternary nitrogens is 1. The lowest BCUT2D eigenvalue weighted by molar-refractivity contribution is -0.883. The Hall–Kier alpha value is -0.410. The van der Waals surface area contributed by atoms with Gasteiger partial charge in [0.25, 0.3) is 0 Å². The minimum Gasteiger partial charge on any atom is -0.320 e. The van der Waals surface area contributed by atoms with E-state index >= 15 is 0 Å². The molecule has 5 heteroatoms. The van der Waals surface area contributed by atoms with Gasteiger partial charge in [-0.25, -0.2) is 0 Å². The third-order valence-corrected chi connectivity index (χ3v) is 9.49. The number of hydrogen-bond donors (Lipinski definition) is 1. The van der Waals surface area contributed by atoms with Crippen molar-refractivity contribution in [1.82, 2.24) is 0 Å². The van der Waals surface area contributed by atoms with Gasteiger partial charge in [0.05, 0.1) is 27.7 Å². The molecule has 0 aromatic rings. The van der Waals surface area contributed by atoms with Crippen molar-refractivity contribution < 1.29 is 18.5 Å². The Balaban J connectivity index is 3.39. The van der Waals surface area contributed by atoms with Crippen LogP contribution in [-0.4, -0.2) is 42.9 Å². The van der Waals surface area contributed by atoms with Crippen molar-refractivity contribution in [3.05, 3.63) is 24.8 Å². The Labute approximate surface area is 226 Å². The van der Waals surface area contributed by atoms with Crippen molar-refractivity contribution in [3.8, 4) is 0 Å². The summed E-state index contributed by atoms with van der Waals surface area (Å²) in [6.07, 6.45) is 33.3. The predicted molar refractivity (Wildman–Crippen MR) is 160 cm³/mol. The summed E-state index contributed by atoms with van der Waals surface area (Å²) in [4.78, 5) is 10.3. The zero-order valence-electron chi connectivity index (χ0n) is 24.7. The van der Waals surface area contributed by atoms with Crippen LogP contribution in [0.4, 0.5) is 0 Å². The lowest BCUT2D eigenvalue weighted by Gasteiger charge is -2.35. The molecule has 0 fully saturated rings. The summed E-state index contributed by atoms with van der Waals surface area (Å²) in [5.74, 6) is -0.352. The fourth-order valence-corrected chi connectivity index (χ4v) is 6.85. The minimum absolute atomic E-state index is 0.352. The number of hydrogen-bond acceptors (Lipinski definition) is 2. The monoisotopic (exact) mass is 528 g/mol. The first-order valence-electron chi connectivity index (χ1n) is 15.3. The summed E-state index contributed by atoms with van der Waals surface area (Å²) in [6.45, 7) is 6.13. The average molecular weight is 529 g/mol. The minimum atomic E-state index is -3.56. The molecule has 0 aliphatic heterocycles. The molecule has 214 valence electrons. The zero-order chi connectivity index (χ0) is 27.0. The lowest BCUT2D eigenvalue weighted by atomic mass is 10.1. The molecule has 0 saturated heterocycles. The molecule has 0 aromatic carbocycles. The van der Waals surface area contributed by atoms with Gasteiger partial charge in [0.2, 0.25) is 0 Å². The maximum Gasteiger partial charge on any atom is 0.385 e. The maximum absolute atomic E-state index is 12.5. The topological polar surface area (TPSA) is 46.5 Å². The van der Waals surface area contributed by atoms with Gasteiger partial charge in [-0.05, 0) is 44.9 Å². The molecular weight excluding hydrogens is 465 g/mol. The lowest BCUT2D eigenvalue weighted by Crippen LogP contribution is -2.44. The number of nitrogens with zero attached hydrogens (tertiary/aromatic N) is 1. The normalized spacial score (nSPS) is 14.8. The fourth-order valence-electron chi connectivity index (χ4n) is 4.95. The van der Waals surface area contributed by atoms with Crippen LogP contribution in [-0.2, 0) is 9.09 Å². The second-order valence-corrected chi connectivity index (χ2v) is 13.5. The summed E-state index contributed by atoms with van der Waals surface area (Å²) in [6, 6.07) is 0. The molecule has 0 radical (unpaired) electrons. The van der Waals surface area contributed by atoms with Crippen LogP contribution in [0.1, 0.15) is 142 Å². The number of allylic oxidation sites excluding steroid dienone is 3. The first-order chi connectivity index (χ1) is 17.3. The largest absolute Gasteiger partial charge is 0.385 e. The van der Waals surface area contributed by atoms with Gasteiger partial charge in [-0.2, -0.15) is 0 Å². The summed E-state index contributed by atoms with van der Waals surface area (Å²) >= 11 is 0. The summed E-state index contributed by atoms with van der Waals surface area (Å²) in [7, 11) is 2.30. The van der Waals surface area contributed by atoms with Crippen molar-refractivity contribution in [2.24, 2.45) is 0 Å². The summed E-state index contributed by atoms with van der Waals surface area (Å²) in [5, 5.41) is 0. The van der Waals surface area contributed by atoms with E-state index in [4.69, 9.17) is 4.52 Å². The van der Waals surface area contributed by atoms with Crippen LogP contribution < -0.4 is 0 Å². The van der Waals surface area contributed by atoms with Crippen molar-refractivity contribution >= 4 is 7.60 Å². The van der Waals surface area contributed by atoms with Crippen molar-refractivity contribution in [2.75, 3.05) is 27.7 Å². The molecule has 0 bridgehead atoms. The standard InChI is InChI=1S/C31H62NO3P/c1-6-8-9-10-11-12-13-14-15-16-17-18-19-20-21-22-23-24-25-26-27-28-29-30-35-36(33,34)31(7-2)32(3,4)5/h6,19-20,31H,1,7-18,21-30H2,2-5H3/p+1/b20-19-. The van der Waals surface area contributed by atoms with Gasteiger partial charge in [0.1, 0.15) is 0 Å². The third kappa shape index (κ3) is 21.7. The molecule has 0 heterocycles. The number of rotatable bonds is 27. The van der Waals surface area contributed by atoms with Crippen LogP contribution >= 0.6 is 7.60 Å². The highest BCUT2D eigenvalue weighted by molar-refractivity contribution is 7.53. The van der Waals surface area contributed by atoms with E-state index in [9.17, 15) is 9.46 Å². The van der Waals surface area contributed by atoms with Crippen LogP contribution in [0.2, 0.25) is 0 Å². The quantitative estimate of drug-likeness (QED) is 0.0499. The molecule has 0 aromatic heterocycles. The summed E-state index contributed by atoms with van der Waals surface area (Å²) < 4.78 is 18.4. The predicted octanol–water partition coefficient (Wildman–Crippen LogP) is 10.2. The number of unbranched alkanes of at least 4 members (excludes halogenated alkanes) is 18. The molecule has 4 nitrogen and oxygen atoms in total. The Kier molecular flexibility index (Phi) is 23.4. The van der Waals surface area contributed by atoms with Crippen molar-refractivity contribution in [1.29, 1.82) is 0 Å². The summed E-state index contributed by atoms with van der Waals surface area (Å²) in [5.41, 5.74) is 0. The van der Waals surface area contributed by atoms with Crippen LogP contribution in [0.3, 0.4) is 0 Å². The molecular formula is C31H63NO3P+. The first-order valence-corrected chi connectivity index (χ1v) is 16.9. The van der Waals surface area contributed by atoms with E-state index in [1.54, 1.807) is 0 Å². The Bertz CT molecular complexity index is 571. The van der Waals surface area contributed by atoms with Gasteiger partial charge in [-0.15, -0.1) is 6.58 Å². The second-order valence-electron chi connectivity index (χ2n) is 11.5. The average Bonchev–Trinajstić information content (AvgIpc) is 2.81. The van der Waals surface area contributed by atoms with Crippen LogP contribution in [0, 0.1) is 0 Å². The van der Waals surface area contributed by atoms with E-state index in [0.717, 1.165) is 12.8 Å². The van der Waals surface area contributed by atoms with Gasteiger partial charge < -0.3 is 13.9 Å². The Morgan fingerprint density at radius 1 is 0.694 bits per heavy atom. The molecule has 0 spiro atoms. The third-order valence-electron chi connectivity index (χ3n) is 7.12. The molecule has 0 aliphatic rings. The Morgan fingerprint density at radius 3 is 1.42 bits per heavy atom. The smallest absolute Gasteiger partial charge is 0.320 e. The highest BCUT2D eigenvalue weighted by Crippen LogP contribution is 2.51.